The van der Waals surface area contributed by atoms with E-state index in [2.05, 4.69) is 16.3 Å². The van der Waals surface area contributed by atoms with Crippen LogP contribution in [0.25, 0.3) is 5.69 Å². The summed E-state index contributed by atoms with van der Waals surface area (Å²) in [6, 6.07) is 25.6. The van der Waals surface area contributed by atoms with Crippen LogP contribution in [0.15, 0.2) is 84.0 Å². The number of nitrogens with zero attached hydrogens (tertiary/aromatic N) is 4. The average Bonchev–Trinajstić information content (AvgIpc) is 3.53. The maximum Gasteiger partial charge on any atom is 0.240 e. The Morgan fingerprint density at radius 1 is 0.971 bits per heavy atom. The van der Waals surface area contributed by atoms with Crippen LogP contribution >= 0.6 is 11.8 Å². The van der Waals surface area contributed by atoms with Gasteiger partial charge in [0, 0.05) is 17.9 Å². The number of carbonyl (C=O) groups is 1. The van der Waals surface area contributed by atoms with Crippen molar-refractivity contribution >= 4 is 23.4 Å². The molecule has 35 heavy (non-hydrogen) atoms. The summed E-state index contributed by atoms with van der Waals surface area (Å²) in [6.45, 7) is 2.95. The van der Waals surface area contributed by atoms with Crippen LogP contribution in [0.2, 0.25) is 0 Å². The fraction of sp³-hybridized carbons (Fsp3) is 0.222. The van der Waals surface area contributed by atoms with Crippen LogP contribution in [0.5, 0.6) is 11.5 Å². The van der Waals surface area contributed by atoms with E-state index in [1.807, 2.05) is 89.2 Å². The summed E-state index contributed by atoms with van der Waals surface area (Å²) < 4.78 is 14.1. The molecule has 0 N–H and O–H groups in total. The molecule has 0 saturated carbocycles. The Balaban J connectivity index is 1.30. The minimum absolute atomic E-state index is 0.0651. The zero-order valence-electron chi connectivity index (χ0n) is 19.2. The smallest absolute Gasteiger partial charge is 0.240 e. The first-order valence-corrected chi connectivity index (χ1v) is 12.5. The van der Waals surface area contributed by atoms with Gasteiger partial charge in [-0.15, -0.1) is 10.2 Å². The third kappa shape index (κ3) is 4.04. The molecule has 0 fully saturated rings. The second kappa shape index (κ2) is 9.11. The predicted molar refractivity (Wildman–Crippen MR) is 134 cm³/mol. The van der Waals surface area contributed by atoms with E-state index in [0.29, 0.717) is 35.6 Å². The summed E-state index contributed by atoms with van der Waals surface area (Å²) in [4.78, 5) is 15.3. The number of hydrogen-bond donors (Lipinski definition) is 0. The topological polar surface area (TPSA) is 69.5 Å². The maximum absolute atomic E-state index is 13.4. The molecule has 6 rings (SSSR count). The van der Waals surface area contributed by atoms with Crippen molar-refractivity contribution in [1.29, 1.82) is 0 Å². The highest BCUT2D eigenvalue weighted by atomic mass is 32.2. The van der Waals surface area contributed by atoms with E-state index >= 15 is 0 Å². The van der Waals surface area contributed by atoms with E-state index in [-0.39, 0.29) is 11.2 Å². The van der Waals surface area contributed by atoms with Crippen molar-refractivity contribution in [3.05, 3.63) is 90.3 Å². The average molecular weight is 485 g/mol. The van der Waals surface area contributed by atoms with Crippen molar-refractivity contribution in [3.63, 3.8) is 0 Å². The second-order valence-electron chi connectivity index (χ2n) is 8.50. The molecule has 2 unspecified atom stereocenters. The molecule has 1 aromatic heterocycles. The molecule has 0 spiro atoms. The molecular weight excluding hydrogens is 460 g/mol. The Morgan fingerprint density at radius 2 is 1.71 bits per heavy atom. The number of para-hydroxylation sites is 4. The normalized spacial score (nSPS) is 17.2. The minimum Gasteiger partial charge on any atom is -0.485 e. The van der Waals surface area contributed by atoms with Gasteiger partial charge in [-0.1, -0.05) is 60.3 Å². The first-order valence-electron chi connectivity index (χ1n) is 11.6. The van der Waals surface area contributed by atoms with Gasteiger partial charge in [0.05, 0.1) is 5.25 Å². The summed E-state index contributed by atoms with van der Waals surface area (Å²) >= 11 is 1.41. The zero-order valence-corrected chi connectivity index (χ0v) is 20.0. The Labute approximate surface area is 207 Å². The highest BCUT2D eigenvalue weighted by Crippen LogP contribution is 2.38. The number of fused-ring (bicyclic) bond motifs is 2. The van der Waals surface area contributed by atoms with Crippen LogP contribution in [0.3, 0.4) is 0 Å². The van der Waals surface area contributed by atoms with Crippen molar-refractivity contribution in [2.75, 3.05) is 18.1 Å². The number of aromatic nitrogens is 3. The van der Waals surface area contributed by atoms with Crippen LogP contribution in [-0.2, 0) is 11.2 Å². The molecular formula is C27H24N4O3S. The van der Waals surface area contributed by atoms with Gasteiger partial charge in [-0.2, -0.15) is 0 Å². The molecule has 7 nitrogen and oxygen atoms in total. The van der Waals surface area contributed by atoms with E-state index in [0.717, 1.165) is 17.8 Å². The van der Waals surface area contributed by atoms with Crippen LogP contribution in [0.4, 0.5) is 5.69 Å². The van der Waals surface area contributed by atoms with Gasteiger partial charge in [0.2, 0.25) is 5.91 Å². The van der Waals surface area contributed by atoms with Gasteiger partial charge < -0.3 is 14.4 Å². The molecule has 1 amide bonds. The van der Waals surface area contributed by atoms with Crippen molar-refractivity contribution < 1.29 is 14.3 Å². The number of benzene rings is 3. The standard InChI is InChI=1S/C27H24N4O3S/c1-18(26(32)30-16-15-19-9-5-6-12-21(19)30)35-27-29-28-25(31(27)20-10-3-2-4-11-20)24-17-33-22-13-7-8-14-23(22)34-24/h2-14,18,24H,15-17H2,1H3. The number of hydrogen-bond acceptors (Lipinski definition) is 6. The highest BCUT2D eigenvalue weighted by molar-refractivity contribution is 8.00. The predicted octanol–water partition coefficient (Wildman–Crippen LogP) is 4.85. The molecule has 176 valence electrons. The van der Waals surface area contributed by atoms with Crippen molar-refractivity contribution in [1.82, 2.24) is 14.8 Å². The number of rotatable bonds is 5. The molecule has 0 bridgehead atoms. The molecule has 2 atom stereocenters. The Morgan fingerprint density at radius 3 is 2.57 bits per heavy atom. The van der Waals surface area contributed by atoms with Crippen LogP contribution in [0.1, 0.15) is 24.4 Å². The Kier molecular flexibility index (Phi) is 5.66. The summed E-state index contributed by atoms with van der Waals surface area (Å²) in [7, 11) is 0. The monoisotopic (exact) mass is 484 g/mol. The SMILES string of the molecule is CC(Sc1nnc(C2COc3ccccc3O2)n1-c1ccccc1)C(=O)N1CCc2ccccc21. The maximum atomic E-state index is 13.4. The number of thioether (sulfide) groups is 1. The molecule has 2 aliphatic heterocycles. The van der Waals surface area contributed by atoms with Gasteiger partial charge in [-0.05, 0) is 49.2 Å². The molecule has 0 aliphatic carbocycles. The minimum atomic E-state index is -0.427. The Bertz CT molecular complexity index is 1370. The quantitative estimate of drug-likeness (QED) is 0.377. The Hall–Kier alpha value is -3.78. The number of amides is 1. The van der Waals surface area contributed by atoms with Crippen molar-refractivity contribution in [2.45, 2.75) is 29.9 Å². The van der Waals surface area contributed by atoms with Gasteiger partial charge in [0.15, 0.2) is 28.6 Å². The number of anilines is 1. The van der Waals surface area contributed by atoms with Crippen LogP contribution < -0.4 is 14.4 Å². The second-order valence-corrected chi connectivity index (χ2v) is 9.81. The van der Waals surface area contributed by atoms with E-state index in [1.165, 1.54) is 17.3 Å². The molecule has 0 saturated heterocycles. The first-order chi connectivity index (χ1) is 17.2. The zero-order chi connectivity index (χ0) is 23.8. The van der Waals surface area contributed by atoms with Crippen molar-refractivity contribution in [3.8, 4) is 17.2 Å². The summed E-state index contributed by atoms with van der Waals surface area (Å²) in [5, 5.41) is 9.28. The molecule has 4 aromatic rings. The molecule has 3 aromatic carbocycles. The third-order valence-electron chi connectivity index (χ3n) is 6.25. The summed E-state index contributed by atoms with van der Waals surface area (Å²) in [5.74, 6) is 2.10. The van der Waals surface area contributed by atoms with Crippen LogP contribution in [0, 0.1) is 0 Å². The van der Waals surface area contributed by atoms with Gasteiger partial charge >= 0.3 is 0 Å². The molecule has 2 aliphatic rings. The van der Waals surface area contributed by atoms with Gasteiger partial charge in [0.1, 0.15) is 6.61 Å². The summed E-state index contributed by atoms with van der Waals surface area (Å²) in [5.41, 5.74) is 3.12. The van der Waals surface area contributed by atoms with Gasteiger partial charge in [-0.25, -0.2) is 0 Å². The van der Waals surface area contributed by atoms with E-state index in [9.17, 15) is 4.79 Å². The fourth-order valence-electron chi connectivity index (χ4n) is 4.53. The highest BCUT2D eigenvalue weighted by Gasteiger charge is 2.32. The molecule has 0 radical (unpaired) electrons. The van der Waals surface area contributed by atoms with E-state index in [4.69, 9.17) is 9.47 Å². The van der Waals surface area contributed by atoms with Gasteiger partial charge in [0.25, 0.3) is 0 Å². The lowest BCUT2D eigenvalue weighted by Crippen LogP contribution is -2.35. The molecule has 8 heteroatoms. The number of ether oxygens (including phenoxy) is 2. The lowest BCUT2D eigenvalue weighted by atomic mass is 10.2. The van der Waals surface area contributed by atoms with Crippen molar-refractivity contribution in [2.24, 2.45) is 0 Å². The third-order valence-corrected chi connectivity index (χ3v) is 7.28. The van der Waals surface area contributed by atoms with Gasteiger partial charge in [-0.3, -0.25) is 9.36 Å². The lowest BCUT2D eigenvalue weighted by Gasteiger charge is -2.26. The largest absolute Gasteiger partial charge is 0.485 e. The van der Waals surface area contributed by atoms with Crippen LogP contribution in [-0.4, -0.2) is 39.1 Å². The van der Waals surface area contributed by atoms with E-state index < -0.39 is 6.10 Å². The lowest BCUT2D eigenvalue weighted by molar-refractivity contribution is -0.117. The molecule has 3 heterocycles. The summed E-state index contributed by atoms with van der Waals surface area (Å²) in [6.07, 6.45) is 0.452. The fourth-order valence-corrected chi connectivity index (χ4v) is 5.46. The first kappa shape index (κ1) is 21.7. The van der Waals surface area contributed by atoms with E-state index in [1.54, 1.807) is 0 Å². The number of carbonyl (C=O) groups excluding carboxylic acids is 1.